The molecule has 1 aliphatic carbocycles. The third-order valence-corrected chi connectivity index (χ3v) is 4.97. The summed E-state index contributed by atoms with van der Waals surface area (Å²) in [7, 11) is 0. The third-order valence-electron chi connectivity index (χ3n) is 4.62. The van der Waals surface area contributed by atoms with Gasteiger partial charge in [0.05, 0.1) is 6.04 Å². The zero-order chi connectivity index (χ0) is 18.1. The Morgan fingerprint density at radius 2 is 2.08 bits per heavy atom. The van der Waals surface area contributed by atoms with Crippen LogP contribution in [0, 0.1) is 0 Å². The summed E-state index contributed by atoms with van der Waals surface area (Å²) >= 11 is 6.34. The minimum Gasteiger partial charge on any atom is -0.355 e. The van der Waals surface area contributed by atoms with Gasteiger partial charge >= 0.3 is 0 Å². The average molecular weight is 368 g/mol. The van der Waals surface area contributed by atoms with Crippen LogP contribution < -0.4 is 0 Å². The van der Waals surface area contributed by atoms with Crippen molar-refractivity contribution in [2.24, 2.45) is 0 Å². The molecule has 0 bridgehead atoms. The lowest BCUT2D eigenvalue weighted by molar-refractivity contribution is 0.0663. The van der Waals surface area contributed by atoms with Gasteiger partial charge in [-0.05, 0) is 43.5 Å². The van der Waals surface area contributed by atoms with Crippen LogP contribution in [-0.4, -0.2) is 27.0 Å². The fraction of sp³-hybridized carbons (Fsp3) is 0.250. The van der Waals surface area contributed by atoms with Crippen LogP contribution in [-0.2, 0) is 0 Å². The lowest BCUT2D eigenvalue weighted by Gasteiger charge is -2.29. The van der Waals surface area contributed by atoms with Gasteiger partial charge in [-0.1, -0.05) is 35.0 Å². The minimum atomic E-state index is -0.140. The molecule has 1 saturated carbocycles. The smallest absolute Gasteiger partial charge is 0.276 e. The van der Waals surface area contributed by atoms with E-state index in [9.17, 15) is 4.79 Å². The first-order valence-corrected chi connectivity index (χ1v) is 8.97. The molecule has 1 fully saturated rings. The maximum atomic E-state index is 13.1. The molecule has 0 spiro atoms. The van der Waals surface area contributed by atoms with E-state index in [2.05, 4.69) is 10.1 Å². The summed E-state index contributed by atoms with van der Waals surface area (Å²) in [5.74, 6) is 0.390. The van der Waals surface area contributed by atoms with Crippen molar-refractivity contribution in [3.8, 4) is 11.3 Å². The Morgan fingerprint density at radius 3 is 2.77 bits per heavy atom. The van der Waals surface area contributed by atoms with Gasteiger partial charge in [-0.3, -0.25) is 9.78 Å². The molecule has 1 atom stereocenters. The van der Waals surface area contributed by atoms with Gasteiger partial charge in [0, 0.05) is 35.1 Å². The van der Waals surface area contributed by atoms with E-state index in [4.69, 9.17) is 16.1 Å². The van der Waals surface area contributed by atoms with Crippen molar-refractivity contribution < 1.29 is 9.32 Å². The first-order valence-electron chi connectivity index (χ1n) is 8.59. The lowest BCUT2D eigenvalue weighted by Crippen LogP contribution is -2.35. The second-order valence-corrected chi connectivity index (χ2v) is 6.87. The number of carbonyl (C=O) groups excluding carboxylic acids is 1. The molecular formula is C20H18ClN3O2. The standard InChI is InChI=1S/C20H18ClN3O2/c1-13(16-6-2-3-7-17(16)21)24(15-8-9-15)20(25)18-11-19(26-23-18)14-5-4-10-22-12-14/h2-7,10-13,15H,8-9H2,1H3/t13-/m1/s1. The molecular weight excluding hydrogens is 350 g/mol. The van der Waals surface area contributed by atoms with E-state index in [1.165, 1.54) is 0 Å². The van der Waals surface area contributed by atoms with E-state index in [0.29, 0.717) is 16.5 Å². The number of pyridine rings is 1. The van der Waals surface area contributed by atoms with Gasteiger partial charge in [0.25, 0.3) is 5.91 Å². The average Bonchev–Trinajstić information content (AvgIpc) is 3.37. The third kappa shape index (κ3) is 3.22. The summed E-state index contributed by atoms with van der Waals surface area (Å²) in [5.41, 5.74) is 2.02. The van der Waals surface area contributed by atoms with Crippen molar-refractivity contribution in [3.63, 3.8) is 0 Å². The molecule has 2 heterocycles. The Balaban J connectivity index is 1.63. The van der Waals surface area contributed by atoms with Crippen LogP contribution in [0.1, 0.15) is 41.9 Å². The normalized spacial score (nSPS) is 14.8. The van der Waals surface area contributed by atoms with E-state index in [0.717, 1.165) is 24.0 Å². The zero-order valence-corrected chi connectivity index (χ0v) is 15.1. The summed E-state index contributed by atoms with van der Waals surface area (Å²) in [6.45, 7) is 2.00. The Kier molecular flexibility index (Phi) is 4.47. The van der Waals surface area contributed by atoms with Crippen molar-refractivity contribution in [2.45, 2.75) is 31.8 Å². The van der Waals surface area contributed by atoms with E-state index in [1.807, 2.05) is 48.2 Å². The molecule has 4 rings (SSSR count). The van der Waals surface area contributed by atoms with Crippen molar-refractivity contribution in [1.29, 1.82) is 0 Å². The van der Waals surface area contributed by atoms with Crippen LogP contribution in [0.25, 0.3) is 11.3 Å². The van der Waals surface area contributed by atoms with Crippen LogP contribution in [0.4, 0.5) is 0 Å². The van der Waals surface area contributed by atoms with Crippen LogP contribution in [0.2, 0.25) is 5.02 Å². The number of aromatic nitrogens is 2. The number of benzene rings is 1. The molecule has 0 unspecified atom stereocenters. The Morgan fingerprint density at radius 1 is 1.27 bits per heavy atom. The molecule has 0 saturated heterocycles. The number of hydrogen-bond acceptors (Lipinski definition) is 4. The van der Waals surface area contributed by atoms with Gasteiger partial charge in [0.15, 0.2) is 11.5 Å². The second-order valence-electron chi connectivity index (χ2n) is 6.46. The summed E-state index contributed by atoms with van der Waals surface area (Å²) in [5, 5.41) is 4.66. The Labute approximate surface area is 156 Å². The quantitative estimate of drug-likeness (QED) is 0.652. The highest BCUT2D eigenvalue weighted by atomic mass is 35.5. The maximum Gasteiger partial charge on any atom is 0.276 e. The van der Waals surface area contributed by atoms with Crippen LogP contribution in [0.5, 0.6) is 0 Å². The highest BCUT2D eigenvalue weighted by Crippen LogP contribution is 2.37. The second kappa shape index (κ2) is 6.92. The molecule has 26 heavy (non-hydrogen) atoms. The number of halogens is 1. The maximum absolute atomic E-state index is 13.1. The van der Waals surface area contributed by atoms with Crippen LogP contribution >= 0.6 is 11.6 Å². The molecule has 132 valence electrons. The van der Waals surface area contributed by atoms with Gasteiger partial charge in [0.2, 0.25) is 0 Å². The first-order chi connectivity index (χ1) is 12.6. The summed E-state index contributed by atoms with van der Waals surface area (Å²) < 4.78 is 5.37. The fourth-order valence-electron chi connectivity index (χ4n) is 3.13. The molecule has 0 aliphatic heterocycles. The highest BCUT2D eigenvalue weighted by Gasteiger charge is 2.38. The molecule has 1 aliphatic rings. The highest BCUT2D eigenvalue weighted by molar-refractivity contribution is 6.31. The minimum absolute atomic E-state index is 0.137. The first kappa shape index (κ1) is 16.8. The van der Waals surface area contributed by atoms with E-state index in [1.54, 1.807) is 18.5 Å². The monoisotopic (exact) mass is 367 g/mol. The molecule has 5 nitrogen and oxygen atoms in total. The predicted molar refractivity (Wildman–Crippen MR) is 98.8 cm³/mol. The predicted octanol–water partition coefficient (Wildman–Crippen LogP) is 4.76. The molecule has 0 N–H and O–H groups in total. The molecule has 0 radical (unpaired) electrons. The van der Waals surface area contributed by atoms with Crippen LogP contribution in [0.3, 0.4) is 0 Å². The number of rotatable bonds is 5. The summed E-state index contributed by atoms with van der Waals surface area (Å²) in [4.78, 5) is 19.1. The molecule has 1 aromatic carbocycles. The summed E-state index contributed by atoms with van der Waals surface area (Å²) in [6, 6.07) is 13.1. The molecule has 6 heteroatoms. The molecule has 3 aromatic rings. The number of nitrogens with zero attached hydrogens (tertiary/aromatic N) is 3. The van der Waals surface area contributed by atoms with E-state index < -0.39 is 0 Å². The number of hydrogen-bond donors (Lipinski definition) is 0. The fourth-order valence-corrected chi connectivity index (χ4v) is 3.42. The van der Waals surface area contributed by atoms with E-state index in [-0.39, 0.29) is 18.0 Å². The summed E-state index contributed by atoms with van der Waals surface area (Å²) in [6.07, 6.45) is 5.35. The van der Waals surface area contributed by atoms with Crippen molar-refractivity contribution in [3.05, 3.63) is 71.1 Å². The Hall–Kier alpha value is -2.66. The molecule has 2 aromatic heterocycles. The van der Waals surface area contributed by atoms with Gasteiger partial charge in [-0.15, -0.1) is 0 Å². The van der Waals surface area contributed by atoms with Gasteiger partial charge in [-0.2, -0.15) is 0 Å². The van der Waals surface area contributed by atoms with Gasteiger partial charge in [0.1, 0.15) is 0 Å². The molecule has 1 amide bonds. The van der Waals surface area contributed by atoms with Gasteiger partial charge < -0.3 is 9.42 Å². The van der Waals surface area contributed by atoms with E-state index >= 15 is 0 Å². The number of carbonyl (C=O) groups is 1. The number of amides is 1. The van der Waals surface area contributed by atoms with Gasteiger partial charge in [-0.25, -0.2) is 0 Å². The van der Waals surface area contributed by atoms with Crippen molar-refractivity contribution in [2.75, 3.05) is 0 Å². The lowest BCUT2D eigenvalue weighted by atomic mass is 10.1. The zero-order valence-electron chi connectivity index (χ0n) is 14.3. The SMILES string of the molecule is C[C@H](c1ccccc1Cl)N(C(=O)c1cc(-c2cccnc2)on1)C1CC1. The largest absolute Gasteiger partial charge is 0.355 e. The Bertz CT molecular complexity index is 922. The van der Waals surface area contributed by atoms with Crippen molar-refractivity contribution in [1.82, 2.24) is 15.0 Å². The van der Waals surface area contributed by atoms with Crippen LogP contribution in [0.15, 0.2) is 59.4 Å². The topological polar surface area (TPSA) is 59.2 Å². The van der Waals surface area contributed by atoms with Crippen molar-refractivity contribution >= 4 is 17.5 Å².